The Morgan fingerprint density at radius 3 is 2.20 bits per heavy atom. The lowest BCUT2D eigenvalue weighted by Gasteiger charge is -2.60. The highest BCUT2D eigenvalue weighted by Gasteiger charge is 2.65. The van der Waals surface area contributed by atoms with Crippen molar-refractivity contribution >= 4 is 23.6 Å². The summed E-state index contributed by atoms with van der Waals surface area (Å²) in [7, 11) is 3.07. The molecular formula is C56H85N3O11. The number of aliphatic hydroxyl groups excluding tert-OH is 2. The van der Waals surface area contributed by atoms with Crippen molar-refractivity contribution in [1.82, 2.24) is 4.90 Å². The maximum Gasteiger partial charge on any atom is 0.417 e. The van der Waals surface area contributed by atoms with Crippen LogP contribution in [0.2, 0.25) is 0 Å². The van der Waals surface area contributed by atoms with Gasteiger partial charge in [0, 0.05) is 43.7 Å². The largest absolute Gasteiger partial charge is 0.497 e. The lowest BCUT2D eigenvalue weighted by Crippen LogP contribution is -2.70. The van der Waals surface area contributed by atoms with E-state index in [1.165, 1.54) is 52.1 Å². The van der Waals surface area contributed by atoms with Gasteiger partial charge in [-0.25, -0.2) is 9.59 Å². The normalized spacial score (nSPS) is 21.9. The Labute approximate surface area is 418 Å². The predicted octanol–water partition coefficient (Wildman–Crippen LogP) is 12.5. The molecule has 14 nitrogen and oxygen atoms in total. The van der Waals surface area contributed by atoms with E-state index in [2.05, 4.69) is 24.9 Å². The molecule has 0 bridgehead atoms. The number of benzene rings is 2. The minimum atomic E-state index is -1.44. The van der Waals surface area contributed by atoms with Crippen LogP contribution in [-0.4, -0.2) is 97.6 Å². The molecule has 0 unspecified atom stereocenters. The van der Waals surface area contributed by atoms with Crippen LogP contribution in [0.15, 0.2) is 65.9 Å². The molecule has 1 saturated carbocycles. The number of unbranched alkanes of at least 4 members (excludes halogenated alkanes) is 11. The molecule has 6 atom stereocenters. The molecule has 0 radical (unpaired) electrons. The number of hydrogen-bond donors (Lipinski definition) is 3. The van der Waals surface area contributed by atoms with Gasteiger partial charge in [0.25, 0.3) is 0 Å². The predicted molar refractivity (Wildman–Crippen MR) is 275 cm³/mol. The van der Waals surface area contributed by atoms with Gasteiger partial charge >= 0.3 is 12.2 Å². The van der Waals surface area contributed by atoms with Gasteiger partial charge in [0.2, 0.25) is 5.79 Å². The third-order valence-electron chi connectivity index (χ3n) is 13.7. The number of rotatable bonds is 30. The van der Waals surface area contributed by atoms with Gasteiger partial charge in [-0.05, 0) is 107 Å². The number of allylic oxidation sites excluding steroid dienone is 1. The van der Waals surface area contributed by atoms with Crippen molar-refractivity contribution in [2.45, 2.75) is 174 Å². The number of oxime groups is 1. The van der Waals surface area contributed by atoms with Crippen molar-refractivity contribution in [2.75, 3.05) is 52.5 Å². The van der Waals surface area contributed by atoms with E-state index in [9.17, 15) is 19.8 Å². The second-order valence-electron chi connectivity index (χ2n) is 20.0. The summed E-state index contributed by atoms with van der Waals surface area (Å²) in [6, 6.07) is 9.78. The van der Waals surface area contributed by atoms with Crippen molar-refractivity contribution < 1.29 is 53.1 Å². The van der Waals surface area contributed by atoms with Crippen LogP contribution in [0.25, 0.3) is 0 Å². The van der Waals surface area contributed by atoms with Gasteiger partial charge in [0.05, 0.1) is 44.8 Å². The number of hydrogen-bond acceptors (Lipinski definition) is 12. The van der Waals surface area contributed by atoms with E-state index in [0.717, 1.165) is 56.1 Å². The Hall–Kier alpha value is -4.79. The molecule has 0 aromatic heterocycles. The summed E-state index contributed by atoms with van der Waals surface area (Å²) in [6.07, 6.45) is 19.9. The Bertz CT molecular complexity index is 2020. The fraction of sp³-hybridized carbons (Fsp3) is 0.661. The van der Waals surface area contributed by atoms with E-state index < -0.39 is 35.5 Å². The standard InChI is InChI=1S/C56H85N3O11/c1-9-12-13-14-15-16-17-18-19-24-35-66-54(63)59(31-10-2)50-39-47(58-70-55(4,5)6)44-36-40(25-20-22-32-60)43(26-21-23-33-61)51-45-37-42(28-30-48(45)69-56(50,52(44)51)67-34-11-3)68-53(62)57-46-29-27-41(64-7)38-49(46)65-8/h11,27-30,36-38,40,43,50-52,60-61H,3,9-10,12-26,31-35,39H2,1-2,4-8H3,(H,57,62)/t40-,43+,50-,51+,52+,56+/m0/s1. The summed E-state index contributed by atoms with van der Waals surface area (Å²) >= 11 is 0. The van der Waals surface area contributed by atoms with Crippen LogP contribution < -0.4 is 24.3 Å². The van der Waals surface area contributed by atoms with Gasteiger partial charge in [-0.2, -0.15) is 0 Å². The van der Waals surface area contributed by atoms with Crippen LogP contribution in [0.5, 0.6) is 23.0 Å². The number of anilines is 1. The molecule has 1 aliphatic heterocycles. The van der Waals surface area contributed by atoms with Crippen molar-refractivity contribution in [2.24, 2.45) is 22.9 Å². The topological polar surface area (TPSA) is 167 Å². The Balaban J connectivity index is 1.59. The second kappa shape index (κ2) is 28.3. The number of nitrogens with zero attached hydrogens (tertiary/aromatic N) is 2. The number of aliphatic hydroxyl groups is 2. The lowest BCUT2D eigenvalue weighted by atomic mass is 9.55. The Morgan fingerprint density at radius 1 is 0.871 bits per heavy atom. The lowest BCUT2D eigenvalue weighted by molar-refractivity contribution is -0.255. The average Bonchev–Trinajstić information content (AvgIpc) is 3.34. The molecule has 14 heteroatoms. The highest BCUT2D eigenvalue weighted by Crippen LogP contribution is 2.62. The van der Waals surface area contributed by atoms with Crippen LogP contribution in [0.3, 0.4) is 0 Å². The minimum Gasteiger partial charge on any atom is -0.497 e. The number of carbonyl (C=O) groups is 2. The van der Waals surface area contributed by atoms with Crippen LogP contribution in [-0.2, 0) is 14.3 Å². The number of amides is 2. The van der Waals surface area contributed by atoms with Gasteiger partial charge < -0.3 is 43.5 Å². The van der Waals surface area contributed by atoms with Crippen molar-refractivity contribution in [1.29, 1.82) is 0 Å². The smallest absolute Gasteiger partial charge is 0.417 e. The average molecular weight is 976 g/mol. The van der Waals surface area contributed by atoms with E-state index in [-0.39, 0.29) is 44.0 Å². The summed E-state index contributed by atoms with van der Waals surface area (Å²) in [4.78, 5) is 36.4. The molecule has 3 aliphatic rings. The Morgan fingerprint density at radius 2 is 1.56 bits per heavy atom. The molecule has 1 heterocycles. The molecule has 70 heavy (non-hydrogen) atoms. The molecule has 2 aromatic carbocycles. The van der Waals surface area contributed by atoms with E-state index in [1.807, 2.05) is 39.8 Å². The van der Waals surface area contributed by atoms with E-state index in [0.29, 0.717) is 66.8 Å². The molecule has 0 spiro atoms. The summed E-state index contributed by atoms with van der Waals surface area (Å²) in [5.41, 5.74) is 2.23. The number of fused-ring (bicyclic) bond motifs is 2. The third kappa shape index (κ3) is 15.1. The SMILES string of the molecule is C=CCO[C@@]12Oc3ccc(OC(=O)Nc4ccc(OC)cc4OC)cc3[C@H]3[C@H](CCCCO)[C@@H](CCCCO)C=C(C(=NOC(C)(C)C)C[C@@H]1N(CCC)C(=O)OCCCCCCCCCCCC)[C@H]32. The van der Waals surface area contributed by atoms with Crippen LogP contribution in [0.4, 0.5) is 15.3 Å². The van der Waals surface area contributed by atoms with E-state index in [1.54, 1.807) is 42.4 Å². The summed E-state index contributed by atoms with van der Waals surface area (Å²) in [5.74, 6) is -0.459. The first-order valence-corrected chi connectivity index (χ1v) is 26.3. The first-order valence-electron chi connectivity index (χ1n) is 26.3. The Kier molecular flexibility index (Phi) is 22.7. The molecule has 0 saturated heterocycles. The number of carbonyl (C=O) groups excluding carboxylic acids is 2. The summed E-state index contributed by atoms with van der Waals surface area (Å²) in [5, 5.41) is 27.8. The second-order valence-corrected chi connectivity index (χ2v) is 20.0. The van der Waals surface area contributed by atoms with Crippen LogP contribution >= 0.6 is 0 Å². The van der Waals surface area contributed by atoms with Gasteiger partial charge in [-0.15, -0.1) is 6.58 Å². The third-order valence-corrected chi connectivity index (χ3v) is 13.7. The highest BCUT2D eigenvalue weighted by molar-refractivity contribution is 6.03. The van der Waals surface area contributed by atoms with E-state index >= 15 is 0 Å². The summed E-state index contributed by atoms with van der Waals surface area (Å²) in [6.45, 7) is 15.2. The number of methoxy groups -OCH3 is 2. The minimum absolute atomic E-state index is 0.0209. The van der Waals surface area contributed by atoms with Gasteiger partial charge in [0.1, 0.15) is 34.6 Å². The quantitative estimate of drug-likeness (QED) is 0.0387. The van der Waals surface area contributed by atoms with Crippen molar-refractivity contribution in [3.05, 3.63) is 66.3 Å². The zero-order valence-electron chi connectivity index (χ0n) is 43.4. The molecule has 2 aromatic rings. The molecule has 5 rings (SSSR count). The number of ether oxygens (including phenoxy) is 6. The molecule has 390 valence electrons. The first kappa shape index (κ1) is 56.1. The molecule has 3 N–H and O–H groups in total. The summed E-state index contributed by atoms with van der Waals surface area (Å²) < 4.78 is 37.5. The van der Waals surface area contributed by atoms with Crippen LogP contribution in [0, 0.1) is 17.8 Å². The van der Waals surface area contributed by atoms with Gasteiger partial charge in [0.15, 0.2) is 0 Å². The van der Waals surface area contributed by atoms with Crippen LogP contribution in [0.1, 0.15) is 162 Å². The molecule has 2 amide bonds. The van der Waals surface area contributed by atoms with Crippen molar-refractivity contribution in [3.8, 4) is 23.0 Å². The maximum absolute atomic E-state index is 14.7. The fourth-order valence-electron chi connectivity index (χ4n) is 10.5. The first-order chi connectivity index (χ1) is 33.9. The molecular weight excluding hydrogens is 891 g/mol. The van der Waals surface area contributed by atoms with Gasteiger partial charge in [-0.1, -0.05) is 102 Å². The number of nitrogens with one attached hydrogen (secondary N) is 1. The monoisotopic (exact) mass is 976 g/mol. The zero-order chi connectivity index (χ0) is 50.5. The molecule has 2 aliphatic carbocycles. The maximum atomic E-state index is 14.7. The molecule has 1 fully saturated rings. The van der Waals surface area contributed by atoms with Gasteiger partial charge in [-0.3, -0.25) is 10.2 Å². The van der Waals surface area contributed by atoms with E-state index in [4.69, 9.17) is 38.4 Å². The zero-order valence-corrected chi connectivity index (χ0v) is 43.4. The fourth-order valence-corrected chi connectivity index (χ4v) is 10.5. The highest BCUT2D eigenvalue weighted by atomic mass is 16.7. The van der Waals surface area contributed by atoms with Crippen molar-refractivity contribution in [3.63, 3.8) is 0 Å².